The van der Waals surface area contributed by atoms with Crippen molar-refractivity contribution < 1.29 is 24.2 Å². The number of phenolic OH excluding ortho intramolecular Hbond substituents is 1. The Balaban J connectivity index is 1.36. The van der Waals surface area contributed by atoms with Crippen LogP contribution in [0.2, 0.25) is 0 Å². The van der Waals surface area contributed by atoms with Crippen LogP contribution in [0.5, 0.6) is 11.5 Å². The van der Waals surface area contributed by atoms with Crippen LogP contribution in [0.25, 0.3) is 0 Å². The second-order valence-electron chi connectivity index (χ2n) is 9.30. The molecule has 0 aliphatic carbocycles. The summed E-state index contributed by atoms with van der Waals surface area (Å²) >= 11 is 9.07. The van der Waals surface area contributed by atoms with E-state index in [1.807, 2.05) is 0 Å². The minimum Gasteiger partial charge on any atom is -0.508 e. The van der Waals surface area contributed by atoms with Crippen molar-refractivity contribution in [2.75, 3.05) is 16.8 Å². The molecular formula is C28H19Br2N3O6S2. The fourth-order valence-corrected chi connectivity index (χ4v) is 8.12. The summed E-state index contributed by atoms with van der Waals surface area (Å²) in [5.74, 6) is -2.22. The number of rotatable bonds is 6. The number of carbonyl (C=O) groups is 3. The monoisotopic (exact) mass is 715 g/mol. The Morgan fingerprint density at radius 3 is 2.41 bits per heavy atom. The predicted molar refractivity (Wildman–Crippen MR) is 163 cm³/mol. The number of H-pyrrole nitrogens is 1. The van der Waals surface area contributed by atoms with E-state index in [1.54, 1.807) is 54.6 Å². The van der Waals surface area contributed by atoms with Crippen LogP contribution in [0.1, 0.15) is 16.4 Å². The molecule has 3 amide bonds. The summed E-state index contributed by atoms with van der Waals surface area (Å²) in [5.41, 5.74) is 1.53. The molecule has 6 rings (SSSR count). The van der Waals surface area contributed by atoms with Crippen molar-refractivity contribution in [3.05, 3.63) is 95.8 Å². The van der Waals surface area contributed by atoms with Gasteiger partial charge in [-0.2, -0.15) is 0 Å². The van der Waals surface area contributed by atoms with Gasteiger partial charge in [-0.15, -0.1) is 0 Å². The minimum atomic E-state index is -0.808. The number of aromatic nitrogens is 1. The largest absolute Gasteiger partial charge is 0.508 e. The third kappa shape index (κ3) is 5.34. The Bertz CT molecular complexity index is 1740. The number of fused-ring (bicyclic) bond motifs is 2. The topological polar surface area (TPSA) is 129 Å². The second-order valence-corrected chi connectivity index (χ2v) is 13.3. The van der Waals surface area contributed by atoms with Crippen LogP contribution >= 0.6 is 55.0 Å². The molecule has 2 aliphatic heterocycles. The highest BCUT2D eigenvalue weighted by molar-refractivity contribution is 9.10. The van der Waals surface area contributed by atoms with E-state index < -0.39 is 23.0 Å². The Hall–Kier alpha value is -3.39. The highest BCUT2D eigenvalue weighted by Gasteiger charge is 2.56. The first-order valence-electron chi connectivity index (χ1n) is 12.2. The number of ether oxygens (including phenoxy) is 1. The number of aromatic amines is 1. The maximum Gasteiger partial charge on any atom is 0.305 e. The number of nitrogens with one attached hydrogen (secondary N) is 2. The van der Waals surface area contributed by atoms with E-state index in [9.17, 15) is 24.3 Å². The zero-order chi connectivity index (χ0) is 28.8. The second kappa shape index (κ2) is 11.1. The van der Waals surface area contributed by atoms with Crippen LogP contribution in [-0.4, -0.2) is 39.7 Å². The number of amides is 3. The molecule has 3 N–H and O–H groups in total. The van der Waals surface area contributed by atoms with E-state index in [4.69, 9.17) is 4.74 Å². The molecule has 208 valence electrons. The Kier molecular flexibility index (Phi) is 7.53. The number of halogens is 2. The number of phenols is 1. The van der Waals surface area contributed by atoms with Gasteiger partial charge in [-0.1, -0.05) is 55.0 Å². The van der Waals surface area contributed by atoms with Crippen LogP contribution in [0.15, 0.2) is 85.5 Å². The van der Waals surface area contributed by atoms with Gasteiger partial charge in [0.15, 0.2) is 6.61 Å². The SMILES string of the molecule is O=C(COc1ccc(Br)cc1[C@@H]1c2sc(=O)[nH]c2S[C@H]2C(=O)N(c3ccc(Br)cc3)C(=O)[C@@H]12)Nc1ccc(O)cc1. The molecule has 0 bridgehead atoms. The number of aromatic hydroxyl groups is 1. The highest BCUT2D eigenvalue weighted by atomic mass is 79.9. The lowest BCUT2D eigenvalue weighted by atomic mass is 9.82. The van der Waals surface area contributed by atoms with E-state index in [-0.39, 0.29) is 29.0 Å². The fourth-order valence-electron chi connectivity index (χ4n) is 4.98. The van der Waals surface area contributed by atoms with E-state index in [2.05, 4.69) is 42.2 Å². The van der Waals surface area contributed by atoms with Crippen molar-refractivity contribution in [3.63, 3.8) is 0 Å². The zero-order valence-electron chi connectivity index (χ0n) is 20.8. The standard InChI is InChI=1S/C28H19Br2N3O6S2/c29-13-1-6-16(7-2-13)33-26(36)22-21(23-25(32-28(38)41-23)40-24(22)27(33)37)18-11-14(30)3-10-19(18)39-12-20(35)31-15-4-8-17(34)9-5-15/h1-11,21-22,24,34H,12H2,(H,31,35)(H,32,38)/t21-,22-,24+/m0/s1. The summed E-state index contributed by atoms with van der Waals surface area (Å²) in [5, 5.41) is 12.0. The number of imide groups is 1. The Morgan fingerprint density at radius 2 is 1.68 bits per heavy atom. The molecule has 4 aromatic rings. The molecule has 41 heavy (non-hydrogen) atoms. The summed E-state index contributed by atoms with van der Waals surface area (Å²) in [6.07, 6.45) is 0. The van der Waals surface area contributed by atoms with Crippen LogP contribution < -0.4 is 19.8 Å². The smallest absolute Gasteiger partial charge is 0.305 e. The molecular weight excluding hydrogens is 698 g/mol. The number of hydrogen-bond acceptors (Lipinski definition) is 8. The summed E-state index contributed by atoms with van der Waals surface area (Å²) in [4.78, 5) is 57.1. The molecule has 0 saturated carbocycles. The molecule has 0 unspecified atom stereocenters. The van der Waals surface area contributed by atoms with Gasteiger partial charge in [-0.05, 0) is 66.7 Å². The number of anilines is 2. The maximum atomic E-state index is 14.0. The van der Waals surface area contributed by atoms with Crippen LogP contribution in [0.4, 0.5) is 11.4 Å². The zero-order valence-corrected chi connectivity index (χ0v) is 25.6. The number of thiazole rings is 1. The highest BCUT2D eigenvalue weighted by Crippen LogP contribution is 2.54. The third-order valence-electron chi connectivity index (χ3n) is 6.73. The lowest BCUT2D eigenvalue weighted by Gasteiger charge is -2.31. The maximum absolute atomic E-state index is 14.0. The molecule has 3 aromatic carbocycles. The normalized spacial score (nSPS) is 19.6. The third-order valence-corrected chi connectivity index (χ3v) is 10.1. The van der Waals surface area contributed by atoms with Crippen molar-refractivity contribution >= 4 is 84.1 Å². The molecule has 1 saturated heterocycles. The Labute approximate surface area is 258 Å². The lowest BCUT2D eigenvalue weighted by molar-refractivity contribution is -0.122. The molecule has 13 heteroatoms. The van der Waals surface area contributed by atoms with E-state index in [1.165, 1.54) is 28.8 Å². The molecule has 1 fully saturated rings. The summed E-state index contributed by atoms with van der Waals surface area (Å²) in [6, 6.07) is 18.2. The van der Waals surface area contributed by atoms with Crippen molar-refractivity contribution in [1.82, 2.24) is 4.98 Å². The summed E-state index contributed by atoms with van der Waals surface area (Å²) < 4.78 is 7.49. The van der Waals surface area contributed by atoms with Gasteiger partial charge in [-0.25, -0.2) is 4.90 Å². The quantitative estimate of drug-likeness (QED) is 0.178. The van der Waals surface area contributed by atoms with Crippen molar-refractivity contribution in [1.29, 1.82) is 0 Å². The van der Waals surface area contributed by atoms with Gasteiger partial charge in [0.2, 0.25) is 11.8 Å². The van der Waals surface area contributed by atoms with Crippen LogP contribution in [0, 0.1) is 5.92 Å². The van der Waals surface area contributed by atoms with Gasteiger partial charge >= 0.3 is 4.87 Å². The predicted octanol–water partition coefficient (Wildman–Crippen LogP) is 5.48. The fraction of sp³-hybridized carbons (Fsp3) is 0.143. The van der Waals surface area contributed by atoms with Crippen LogP contribution in [0.3, 0.4) is 0 Å². The lowest BCUT2D eigenvalue weighted by Crippen LogP contribution is -2.32. The first-order chi connectivity index (χ1) is 19.7. The Morgan fingerprint density at radius 1 is 0.976 bits per heavy atom. The molecule has 3 heterocycles. The molecule has 1 aromatic heterocycles. The van der Waals surface area contributed by atoms with Gasteiger partial charge < -0.3 is 20.1 Å². The first kappa shape index (κ1) is 27.8. The first-order valence-corrected chi connectivity index (χ1v) is 15.5. The molecule has 9 nitrogen and oxygen atoms in total. The summed E-state index contributed by atoms with van der Waals surface area (Å²) in [6.45, 7) is -0.334. The number of carbonyl (C=O) groups excluding carboxylic acids is 3. The molecule has 3 atom stereocenters. The minimum absolute atomic E-state index is 0.0766. The summed E-state index contributed by atoms with van der Waals surface area (Å²) in [7, 11) is 0. The molecule has 0 spiro atoms. The van der Waals surface area contributed by atoms with Gasteiger partial charge in [0.25, 0.3) is 5.91 Å². The average molecular weight is 717 g/mol. The van der Waals surface area contributed by atoms with Crippen molar-refractivity contribution in [2.45, 2.75) is 16.2 Å². The molecule has 2 aliphatic rings. The van der Waals surface area contributed by atoms with Crippen molar-refractivity contribution in [3.8, 4) is 11.5 Å². The van der Waals surface area contributed by atoms with E-state index in [0.717, 1.165) is 15.8 Å². The number of benzene rings is 3. The van der Waals surface area contributed by atoms with Gasteiger partial charge in [0.05, 0.1) is 16.6 Å². The van der Waals surface area contributed by atoms with Crippen LogP contribution in [-0.2, 0) is 14.4 Å². The van der Waals surface area contributed by atoms with Gasteiger partial charge in [-0.3, -0.25) is 19.2 Å². The van der Waals surface area contributed by atoms with E-state index in [0.29, 0.717) is 37.1 Å². The van der Waals surface area contributed by atoms with Crippen molar-refractivity contribution in [2.24, 2.45) is 5.92 Å². The number of nitrogens with zero attached hydrogens (tertiary/aromatic N) is 1. The number of hydrogen-bond donors (Lipinski definition) is 3. The van der Waals surface area contributed by atoms with Gasteiger partial charge in [0.1, 0.15) is 16.7 Å². The molecule has 0 radical (unpaired) electrons. The van der Waals surface area contributed by atoms with E-state index >= 15 is 0 Å². The number of thioether (sulfide) groups is 1. The van der Waals surface area contributed by atoms with Gasteiger partial charge in [0, 0.05) is 31.0 Å². The average Bonchev–Trinajstić information content (AvgIpc) is 3.44.